The Labute approximate surface area is 109 Å². The highest BCUT2D eigenvalue weighted by Crippen LogP contribution is 2.37. The van der Waals surface area contributed by atoms with E-state index in [0.717, 1.165) is 24.3 Å². The van der Waals surface area contributed by atoms with Gasteiger partial charge in [0.15, 0.2) is 0 Å². The van der Waals surface area contributed by atoms with Gasteiger partial charge in [0.25, 0.3) is 0 Å². The summed E-state index contributed by atoms with van der Waals surface area (Å²) in [6.45, 7) is 8.05. The molecule has 1 fully saturated rings. The van der Waals surface area contributed by atoms with E-state index in [1.807, 2.05) is 12.1 Å². The molecule has 1 N–H and O–H groups in total. The second-order valence-electron chi connectivity index (χ2n) is 4.97. The molecule has 100 valence electrons. The summed E-state index contributed by atoms with van der Waals surface area (Å²) in [7, 11) is 0. The lowest BCUT2D eigenvalue weighted by Crippen LogP contribution is -2.29. The molecule has 1 aliphatic rings. The highest BCUT2D eigenvalue weighted by molar-refractivity contribution is 5.57. The lowest BCUT2D eigenvalue weighted by atomic mass is 10.0. The monoisotopic (exact) mass is 250 g/mol. The Balaban J connectivity index is 2.36. The highest BCUT2D eigenvalue weighted by atomic mass is 19.1. The van der Waals surface area contributed by atoms with Crippen LogP contribution in [0.2, 0.25) is 0 Å². The van der Waals surface area contributed by atoms with Crippen LogP contribution in [-0.2, 0) is 0 Å². The van der Waals surface area contributed by atoms with Crippen LogP contribution in [0.15, 0.2) is 18.2 Å². The normalized spacial score (nSPS) is 16.7. The van der Waals surface area contributed by atoms with Crippen LogP contribution in [0.3, 0.4) is 0 Å². The van der Waals surface area contributed by atoms with E-state index in [1.54, 1.807) is 6.07 Å². The molecule has 1 aromatic carbocycles. The maximum atomic E-state index is 14.2. The van der Waals surface area contributed by atoms with E-state index in [-0.39, 0.29) is 11.9 Å². The maximum absolute atomic E-state index is 14.2. The van der Waals surface area contributed by atoms with E-state index in [2.05, 4.69) is 31.0 Å². The summed E-state index contributed by atoms with van der Waals surface area (Å²) in [6.07, 6.45) is 2.38. The van der Waals surface area contributed by atoms with Crippen LogP contribution >= 0.6 is 0 Å². The Kier molecular flexibility index (Phi) is 4.23. The van der Waals surface area contributed by atoms with E-state index in [1.165, 1.54) is 12.8 Å². The third kappa shape index (κ3) is 2.66. The van der Waals surface area contributed by atoms with Gasteiger partial charge in [0.2, 0.25) is 0 Å². The first-order valence-electron chi connectivity index (χ1n) is 6.97. The fraction of sp³-hybridized carbons (Fsp3) is 0.600. The van der Waals surface area contributed by atoms with Crippen LogP contribution < -0.4 is 10.2 Å². The largest absolute Gasteiger partial charge is 0.366 e. The number of hydrogen-bond acceptors (Lipinski definition) is 2. The lowest BCUT2D eigenvalue weighted by molar-refractivity contribution is 0.576. The van der Waals surface area contributed by atoms with Crippen molar-refractivity contribution in [3.05, 3.63) is 29.6 Å². The average molecular weight is 250 g/mol. The molecule has 0 bridgehead atoms. The van der Waals surface area contributed by atoms with Gasteiger partial charge in [-0.25, -0.2) is 4.39 Å². The van der Waals surface area contributed by atoms with Gasteiger partial charge in [0.05, 0.1) is 5.69 Å². The minimum absolute atomic E-state index is 0.0917. The zero-order valence-electron chi connectivity index (χ0n) is 11.5. The molecule has 18 heavy (non-hydrogen) atoms. The van der Waals surface area contributed by atoms with Crippen molar-refractivity contribution in [1.82, 2.24) is 5.32 Å². The van der Waals surface area contributed by atoms with Gasteiger partial charge in [-0.3, -0.25) is 0 Å². The first-order chi connectivity index (χ1) is 8.69. The summed E-state index contributed by atoms with van der Waals surface area (Å²) >= 11 is 0. The van der Waals surface area contributed by atoms with Crippen molar-refractivity contribution in [2.24, 2.45) is 0 Å². The Morgan fingerprint density at radius 2 is 2.11 bits per heavy atom. The summed E-state index contributed by atoms with van der Waals surface area (Å²) in [5.41, 5.74) is 1.88. The fourth-order valence-corrected chi connectivity index (χ4v) is 2.59. The molecule has 1 aromatic rings. The number of nitrogens with one attached hydrogen (secondary N) is 1. The highest BCUT2D eigenvalue weighted by Gasteiger charge is 2.31. The molecule has 0 amide bonds. The number of hydrogen-bond donors (Lipinski definition) is 1. The number of anilines is 1. The first kappa shape index (κ1) is 13.3. The van der Waals surface area contributed by atoms with Crippen LogP contribution in [0.4, 0.5) is 10.1 Å². The third-order valence-electron chi connectivity index (χ3n) is 3.61. The molecule has 1 aliphatic carbocycles. The molecule has 0 heterocycles. The van der Waals surface area contributed by atoms with Crippen molar-refractivity contribution in [1.29, 1.82) is 0 Å². The average Bonchev–Trinajstić information content (AvgIpc) is 3.17. The van der Waals surface area contributed by atoms with Gasteiger partial charge >= 0.3 is 0 Å². The summed E-state index contributed by atoms with van der Waals surface area (Å²) in [4.78, 5) is 2.22. The van der Waals surface area contributed by atoms with E-state index in [0.29, 0.717) is 6.04 Å². The Morgan fingerprint density at radius 1 is 1.39 bits per heavy atom. The third-order valence-corrected chi connectivity index (χ3v) is 3.61. The van der Waals surface area contributed by atoms with Crippen molar-refractivity contribution < 1.29 is 4.39 Å². The number of para-hydroxylation sites is 1. The van der Waals surface area contributed by atoms with Gasteiger partial charge in [-0.15, -0.1) is 0 Å². The topological polar surface area (TPSA) is 15.3 Å². The van der Waals surface area contributed by atoms with Crippen LogP contribution in [0.1, 0.15) is 45.2 Å². The van der Waals surface area contributed by atoms with E-state index in [4.69, 9.17) is 0 Å². The van der Waals surface area contributed by atoms with Crippen molar-refractivity contribution in [3.63, 3.8) is 0 Å². The first-order valence-corrected chi connectivity index (χ1v) is 6.97. The molecule has 0 spiro atoms. The SMILES string of the molecule is CCNC(C)c1cccc(F)c1N(CC)C1CC1. The van der Waals surface area contributed by atoms with Crippen molar-refractivity contribution >= 4 is 5.69 Å². The quantitative estimate of drug-likeness (QED) is 0.831. The summed E-state index contributed by atoms with van der Waals surface area (Å²) < 4.78 is 14.2. The molecule has 3 heteroatoms. The molecular formula is C15H23FN2. The standard InChI is InChI=1S/C15H23FN2/c1-4-17-11(3)13-7-6-8-14(16)15(13)18(5-2)12-9-10-12/h6-8,11-12,17H,4-5,9-10H2,1-3H3. The smallest absolute Gasteiger partial charge is 0.146 e. The van der Waals surface area contributed by atoms with Gasteiger partial charge < -0.3 is 10.2 Å². The van der Waals surface area contributed by atoms with Crippen LogP contribution in [0, 0.1) is 5.82 Å². The molecule has 1 saturated carbocycles. The van der Waals surface area contributed by atoms with Crippen molar-refractivity contribution in [2.75, 3.05) is 18.0 Å². The molecule has 1 unspecified atom stereocenters. The molecule has 1 atom stereocenters. The van der Waals surface area contributed by atoms with E-state index in [9.17, 15) is 4.39 Å². The number of nitrogens with zero attached hydrogens (tertiary/aromatic N) is 1. The Bertz CT molecular complexity index is 401. The van der Waals surface area contributed by atoms with Crippen molar-refractivity contribution in [2.45, 2.75) is 45.7 Å². The second kappa shape index (κ2) is 5.70. The molecule has 0 aromatic heterocycles. The molecule has 2 rings (SSSR count). The molecular weight excluding hydrogens is 227 g/mol. The van der Waals surface area contributed by atoms with Gasteiger partial charge in [0.1, 0.15) is 5.82 Å². The van der Waals surface area contributed by atoms with Crippen molar-refractivity contribution in [3.8, 4) is 0 Å². The minimum Gasteiger partial charge on any atom is -0.366 e. The van der Waals surface area contributed by atoms with Gasteiger partial charge in [-0.2, -0.15) is 0 Å². The summed E-state index contributed by atoms with van der Waals surface area (Å²) in [6, 6.07) is 6.15. The minimum atomic E-state index is -0.0917. The summed E-state index contributed by atoms with van der Waals surface area (Å²) in [5.74, 6) is -0.0917. The van der Waals surface area contributed by atoms with E-state index < -0.39 is 0 Å². The number of halogens is 1. The van der Waals surface area contributed by atoms with Gasteiger partial charge in [0, 0.05) is 18.6 Å². The van der Waals surface area contributed by atoms with Crippen LogP contribution in [-0.4, -0.2) is 19.1 Å². The van der Waals surface area contributed by atoms with Crippen LogP contribution in [0.5, 0.6) is 0 Å². The fourth-order valence-electron chi connectivity index (χ4n) is 2.59. The maximum Gasteiger partial charge on any atom is 0.146 e. The molecule has 0 aliphatic heterocycles. The van der Waals surface area contributed by atoms with Gasteiger partial charge in [-0.05, 0) is 44.9 Å². The molecule has 0 saturated heterocycles. The lowest BCUT2D eigenvalue weighted by Gasteiger charge is -2.28. The zero-order chi connectivity index (χ0) is 13.1. The van der Waals surface area contributed by atoms with E-state index >= 15 is 0 Å². The Hall–Kier alpha value is -1.09. The summed E-state index contributed by atoms with van der Waals surface area (Å²) in [5, 5.41) is 3.37. The zero-order valence-corrected chi connectivity index (χ0v) is 11.5. The molecule has 2 nitrogen and oxygen atoms in total. The van der Waals surface area contributed by atoms with Crippen LogP contribution in [0.25, 0.3) is 0 Å². The number of benzene rings is 1. The predicted octanol–water partition coefficient (Wildman–Crippen LogP) is 3.48. The number of rotatable bonds is 6. The Morgan fingerprint density at radius 3 is 2.67 bits per heavy atom. The van der Waals surface area contributed by atoms with Gasteiger partial charge in [-0.1, -0.05) is 19.1 Å². The molecule has 0 radical (unpaired) electrons. The second-order valence-corrected chi connectivity index (χ2v) is 4.97. The predicted molar refractivity (Wildman–Crippen MR) is 74.5 cm³/mol.